The Morgan fingerprint density at radius 3 is 1.82 bits per heavy atom. The first kappa shape index (κ1) is 34.4. The van der Waals surface area contributed by atoms with Crippen molar-refractivity contribution in [3.63, 3.8) is 0 Å². The molecule has 1 atom stereocenters. The Kier molecular flexibility index (Phi) is 9.44. The average molecular weight is 659 g/mol. The monoisotopic (exact) mass is 658 g/mol. The molecule has 45 heavy (non-hydrogen) atoms. The molecule has 1 aromatic heterocycles. The largest absolute Gasteiger partial charge is 0.416 e. The molecule has 0 spiro atoms. The minimum atomic E-state index is -5.13. The number of tetrazole rings is 1. The minimum Gasteiger partial charge on any atom is -0.330 e. The lowest BCUT2D eigenvalue weighted by atomic mass is 9.87. The number of benzene rings is 2. The molecule has 0 radical (unpaired) electrons. The summed E-state index contributed by atoms with van der Waals surface area (Å²) in [7, 11) is 1.34. The van der Waals surface area contributed by atoms with Crippen molar-refractivity contribution in [2.45, 2.75) is 70.3 Å². The lowest BCUT2D eigenvalue weighted by molar-refractivity contribution is -0.143. The van der Waals surface area contributed by atoms with Gasteiger partial charge in [0, 0.05) is 45.1 Å². The maximum absolute atomic E-state index is 14.0. The topological polar surface area (TPSA) is 50.1 Å². The van der Waals surface area contributed by atoms with Crippen molar-refractivity contribution in [2.75, 3.05) is 18.0 Å². The van der Waals surface area contributed by atoms with Crippen LogP contribution in [0, 0.1) is 5.92 Å². The number of hydrogen-bond acceptors (Lipinski definition) is 5. The summed E-state index contributed by atoms with van der Waals surface area (Å²) in [5, 5.41) is 11.5. The van der Waals surface area contributed by atoms with Crippen LogP contribution in [0.1, 0.15) is 66.1 Å². The van der Waals surface area contributed by atoms with E-state index in [2.05, 4.69) is 15.4 Å². The number of nitrogens with zero attached hydrogens (tertiary/aromatic N) is 6. The van der Waals surface area contributed by atoms with Crippen LogP contribution >= 0.6 is 0 Å². The van der Waals surface area contributed by atoms with Crippen molar-refractivity contribution in [1.29, 1.82) is 0 Å². The molecule has 17 heteroatoms. The highest BCUT2D eigenvalue weighted by Gasteiger charge is 2.40. The van der Waals surface area contributed by atoms with E-state index in [0.29, 0.717) is 17.7 Å². The highest BCUT2D eigenvalue weighted by molar-refractivity contribution is 5.42. The predicted molar refractivity (Wildman–Crippen MR) is 140 cm³/mol. The maximum atomic E-state index is 14.0. The molecule has 0 amide bonds. The van der Waals surface area contributed by atoms with Gasteiger partial charge in [0.05, 0.1) is 23.7 Å². The Morgan fingerprint density at radius 2 is 1.36 bits per heavy atom. The van der Waals surface area contributed by atoms with Crippen LogP contribution < -0.4 is 4.90 Å². The standard InChI is InChI=1S/C28H29F11N6/c1-16(2)23(44-8-6-25(29,30)7-9-44)22-5-4-19(26(31,32)33)12-18(22)15-45(24-40-42-43(3)41-24)14-17-10-20(27(34,35)36)13-21(11-17)28(37,38)39/h4-5,10-13,16,23H,6-9,14-15H2,1-3H3. The second-order valence-electron chi connectivity index (χ2n) is 11.3. The molecule has 6 nitrogen and oxygen atoms in total. The van der Waals surface area contributed by atoms with Gasteiger partial charge in [-0.3, -0.25) is 4.90 Å². The maximum Gasteiger partial charge on any atom is 0.416 e. The van der Waals surface area contributed by atoms with E-state index in [-0.39, 0.29) is 36.6 Å². The van der Waals surface area contributed by atoms with Gasteiger partial charge >= 0.3 is 18.5 Å². The van der Waals surface area contributed by atoms with Gasteiger partial charge in [0.25, 0.3) is 11.9 Å². The van der Waals surface area contributed by atoms with E-state index in [1.807, 2.05) is 0 Å². The Morgan fingerprint density at radius 1 is 0.800 bits per heavy atom. The summed E-state index contributed by atoms with van der Waals surface area (Å²) in [5.74, 6) is -3.45. The lowest BCUT2D eigenvalue weighted by Crippen LogP contribution is -2.43. The molecule has 0 saturated carbocycles. The van der Waals surface area contributed by atoms with Gasteiger partial charge in [-0.15, -0.1) is 5.10 Å². The molecule has 3 aromatic rings. The molecule has 0 bridgehead atoms. The number of aryl methyl sites for hydroxylation is 1. The fraction of sp³-hybridized carbons (Fsp3) is 0.536. The summed E-state index contributed by atoms with van der Waals surface area (Å²) in [6, 6.07) is 3.26. The highest BCUT2D eigenvalue weighted by atomic mass is 19.4. The first-order valence-electron chi connectivity index (χ1n) is 13.7. The molecule has 2 aromatic carbocycles. The number of anilines is 1. The van der Waals surface area contributed by atoms with Crippen molar-refractivity contribution >= 4 is 5.95 Å². The molecular formula is C28H29F11N6. The Balaban J connectivity index is 1.83. The Hall–Kier alpha value is -3.50. The van der Waals surface area contributed by atoms with E-state index in [9.17, 15) is 48.3 Å². The second kappa shape index (κ2) is 12.4. The van der Waals surface area contributed by atoms with Crippen LogP contribution in [0.25, 0.3) is 0 Å². The number of alkyl halides is 11. The van der Waals surface area contributed by atoms with Crippen LogP contribution in [0.15, 0.2) is 36.4 Å². The fourth-order valence-electron chi connectivity index (χ4n) is 5.45. The highest BCUT2D eigenvalue weighted by Crippen LogP contribution is 2.41. The van der Waals surface area contributed by atoms with Gasteiger partial charge in [0.2, 0.25) is 0 Å². The minimum absolute atomic E-state index is 0.0105. The lowest BCUT2D eigenvalue weighted by Gasteiger charge is -2.40. The molecule has 0 N–H and O–H groups in total. The molecular weight excluding hydrogens is 629 g/mol. The SMILES string of the molecule is CC(C)C(c1ccc(C(F)(F)F)cc1CN(Cc1cc(C(F)(F)F)cc(C(F)(F)F)c1)c1nnn(C)n1)N1CCC(F)(F)CC1. The number of aromatic nitrogens is 4. The molecule has 4 rings (SSSR count). The number of halogens is 11. The number of likely N-dealkylation sites (tertiary alicyclic amines) is 1. The van der Waals surface area contributed by atoms with Gasteiger partial charge in [-0.1, -0.05) is 25.0 Å². The smallest absolute Gasteiger partial charge is 0.330 e. The van der Waals surface area contributed by atoms with Gasteiger partial charge in [0.1, 0.15) is 0 Å². The number of rotatable bonds is 8. The first-order chi connectivity index (χ1) is 20.6. The van der Waals surface area contributed by atoms with Gasteiger partial charge in [-0.05, 0) is 58.2 Å². The van der Waals surface area contributed by atoms with Crippen molar-refractivity contribution < 1.29 is 48.3 Å². The van der Waals surface area contributed by atoms with Crippen molar-refractivity contribution in [1.82, 2.24) is 25.1 Å². The third-order valence-corrected chi connectivity index (χ3v) is 7.51. The summed E-state index contributed by atoms with van der Waals surface area (Å²) in [4.78, 5) is 3.82. The second-order valence-corrected chi connectivity index (χ2v) is 11.3. The zero-order chi connectivity index (χ0) is 33.5. The van der Waals surface area contributed by atoms with Crippen molar-refractivity contribution in [2.24, 2.45) is 13.0 Å². The molecule has 1 saturated heterocycles. The zero-order valence-corrected chi connectivity index (χ0v) is 24.2. The molecule has 248 valence electrons. The summed E-state index contributed by atoms with van der Waals surface area (Å²) in [6.45, 7) is 2.28. The van der Waals surface area contributed by atoms with Crippen molar-refractivity contribution in [3.8, 4) is 0 Å². The van der Waals surface area contributed by atoms with Crippen LogP contribution in [0.2, 0.25) is 0 Å². The average Bonchev–Trinajstić information content (AvgIpc) is 3.34. The molecule has 1 aliphatic rings. The van der Waals surface area contributed by atoms with Crippen LogP contribution in [0.4, 0.5) is 54.2 Å². The van der Waals surface area contributed by atoms with Crippen molar-refractivity contribution in [3.05, 3.63) is 69.8 Å². The van der Waals surface area contributed by atoms with Gasteiger partial charge in [-0.25, -0.2) is 8.78 Å². The van der Waals surface area contributed by atoms with Crippen LogP contribution in [-0.4, -0.2) is 44.1 Å². The molecule has 0 aliphatic carbocycles. The quantitative estimate of drug-likeness (QED) is 0.231. The van der Waals surface area contributed by atoms with E-state index in [0.717, 1.165) is 21.8 Å². The van der Waals surface area contributed by atoms with E-state index in [1.165, 1.54) is 13.1 Å². The van der Waals surface area contributed by atoms with Gasteiger partial charge in [0.15, 0.2) is 0 Å². The van der Waals surface area contributed by atoms with Gasteiger partial charge < -0.3 is 4.90 Å². The molecule has 1 unspecified atom stereocenters. The normalized spacial score (nSPS) is 17.1. The van der Waals surface area contributed by atoms with Crippen LogP contribution in [-0.2, 0) is 38.7 Å². The van der Waals surface area contributed by atoms with E-state index < -0.39 is 78.7 Å². The number of piperidine rings is 1. The van der Waals surface area contributed by atoms with E-state index in [1.54, 1.807) is 18.7 Å². The Bertz CT molecular complexity index is 1430. The number of hydrogen-bond donors (Lipinski definition) is 0. The zero-order valence-electron chi connectivity index (χ0n) is 24.2. The summed E-state index contributed by atoms with van der Waals surface area (Å²) < 4.78 is 151. The molecule has 1 aliphatic heterocycles. The molecule has 2 heterocycles. The molecule has 1 fully saturated rings. The van der Waals surface area contributed by atoms with E-state index >= 15 is 0 Å². The first-order valence-corrected chi connectivity index (χ1v) is 13.7. The summed E-state index contributed by atoms with van der Waals surface area (Å²) in [5.41, 5.74) is -4.31. The van der Waals surface area contributed by atoms with Crippen LogP contribution in [0.5, 0.6) is 0 Å². The third-order valence-electron chi connectivity index (χ3n) is 7.51. The predicted octanol–water partition coefficient (Wildman–Crippen LogP) is 7.90. The van der Waals surface area contributed by atoms with Crippen LogP contribution in [0.3, 0.4) is 0 Å². The Labute approximate surface area is 250 Å². The fourth-order valence-corrected chi connectivity index (χ4v) is 5.45. The van der Waals surface area contributed by atoms with Gasteiger partial charge in [-0.2, -0.15) is 44.3 Å². The third kappa shape index (κ3) is 8.41. The summed E-state index contributed by atoms with van der Waals surface area (Å²) >= 11 is 0. The van der Waals surface area contributed by atoms with E-state index in [4.69, 9.17) is 0 Å². The summed E-state index contributed by atoms with van der Waals surface area (Å²) in [6.07, 6.45) is -16.0.